The smallest absolute Gasteiger partial charge is 0.164 e. The summed E-state index contributed by atoms with van der Waals surface area (Å²) in [7, 11) is 0. The molecule has 0 fully saturated rings. The van der Waals surface area contributed by atoms with Gasteiger partial charge in [-0.3, -0.25) is 0 Å². The van der Waals surface area contributed by atoms with Crippen LogP contribution in [0.25, 0.3) is 99.4 Å². The molecule has 0 amide bonds. The van der Waals surface area contributed by atoms with Crippen molar-refractivity contribution in [2.24, 2.45) is 0 Å². The van der Waals surface area contributed by atoms with Gasteiger partial charge in [0.2, 0.25) is 0 Å². The van der Waals surface area contributed by atoms with Crippen molar-refractivity contribution in [1.29, 1.82) is 0 Å². The van der Waals surface area contributed by atoms with Crippen molar-refractivity contribution >= 4 is 31.6 Å². The summed E-state index contributed by atoms with van der Waals surface area (Å²) in [6, 6.07) is 64.4. The predicted octanol–water partition coefficient (Wildman–Crippen LogP) is 12.7. The molecule has 3 aromatic heterocycles. The number of fused-ring (bicyclic) bond motifs is 3. The zero-order chi connectivity index (χ0) is 36.6. The second-order valence-corrected chi connectivity index (χ2v) is 14.3. The third-order valence-corrected chi connectivity index (χ3v) is 11.0. The lowest BCUT2D eigenvalue weighted by Gasteiger charge is -2.14. The molecule has 258 valence electrons. The second kappa shape index (κ2) is 14.0. The van der Waals surface area contributed by atoms with Crippen molar-refractivity contribution in [3.05, 3.63) is 188 Å². The van der Waals surface area contributed by atoms with E-state index < -0.39 is 0 Å². The zero-order valence-electron chi connectivity index (χ0n) is 29.5. The van der Waals surface area contributed by atoms with Gasteiger partial charge < -0.3 is 0 Å². The quantitative estimate of drug-likeness (QED) is 0.164. The van der Waals surface area contributed by atoms with Gasteiger partial charge in [-0.2, -0.15) is 0 Å². The van der Waals surface area contributed by atoms with Gasteiger partial charge in [0, 0.05) is 37.9 Å². The first kappa shape index (κ1) is 32.5. The van der Waals surface area contributed by atoms with Crippen LogP contribution in [0.2, 0.25) is 0 Å². The van der Waals surface area contributed by atoms with E-state index in [9.17, 15) is 0 Å². The number of benzene rings is 7. The van der Waals surface area contributed by atoms with Gasteiger partial charge in [0.05, 0.1) is 15.9 Å². The Kier molecular flexibility index (Phi) is 8.28. The molecule has 0 bridgehead atoms. The first-order chi connectivity index (χ1) is 27.3. The lowest BCUT2D eigenvalue weighted by Crippen LogP contribution is -2.02. The average molecular weight is 722 g/mol. The van der Waals surface area contributed by atoms with Crippen molar-refractivity contribution in [1.82, 2.24) is 24.9 Å². The SMILES string of the molecule is c1ccc(-c2nc(-c3cccc(-c4nc(-c5ccccc5-c5ccccc5)nc(-c5ccccc5-c5ccccc5)n4)c3)c3sc4ccccc4c3n2)cc1. The summed E-state index contributed by atoms with van der Waals surface area (Å²) in [6.07, 6.45) is 0. The van der Waals surface area contributed by atoms with Gasteiger partial charge in [0.15, 0.2) is 23.3 Å². The molecule has 3 heterocycles. The van der Waals surface area contributed by atoms with Crippen molar-refractivity contribution in [3.8, 4) is 79.1 Å². The Bertz CT molecular complexity index is 2880. The summed E-state index contributed by atoms with van der Waals surface area (Å²) >= 11 is 1.72. The number of aromatic nitrogens is 5. The van der Waals surface area contributed by atoms with Crippen molar-refractivity contribution in [2.75, 3.05) is 0 Å². The van der Waals surface area contributed by atoms with Crippen molar-refractivity contribution < 1.29 is 0 Å². The summed E-state index contributed by atoms with van der Waals surface area (Å²) in [4.78, 5) is 26.0. The normalized spacial score (nSPS) is 11.3. The fourth-order valence-electron chi connectivity index (χ4n) is 7.15. The van der Waals surface area contributed by atoms with Crippen molar-refractivity contribution in [3.63, 3.8) is 0 Å². The van der Waals surface area contributed by atoms with Crippen LogP contribution in [0.3, 0.4) is 0 Å². The van der Waals surface area contributed by atoms with Gasteiger partial charge in [0.1, 0.15) is 0 Å². The maximum Gasteiger partial charge on any atom is 0.164 e. The van der Waals surface area contributed by atoms with E-state index in [0.717, 1.165) is 71.4 Å². The first-order valence-electron chi connectivity index (χ1n) is 18.2. The number of hydrogen-bond acceptors (Lipinski definition) is 6. The number of rotatable bonds is 7. The van der Waals surface area contributed by atoms with E-state index >= 15 is 0 Å². The highest BCUT2D eigenvalue weighted by molar-refractivity contribution is 7.26. The molecule has 0 unspecified atom stereocenters. The molecule has 0 N–H and O–H groups in total. The molecule has 0 atom stereocenters. The molecule has 0 radical (unpaired) electrons. The van der Waals surface area contributed by atoms with Crippen LogP contribution in [0.4, 0.5) is 0 Å². The Morgan fingerprint density at radius 1 is 0.309 bits per heavy atom. The van der Waals surface area contributed by atoms with Gasteiger partial charge in [-0.1, -0.05) is 176 Å². The molecule has 10 aromatic rings. The molecule has 0 saturated carbocycles. The van der Waals surface area contributed by atoms with Crippen LogP contribution < -0.4 is 0 Å². The molecule has 0 aliphatic carbocycles. The average Bonchev–Trinajstić information content (AvgIpc) is 3.65. The van der Waals surface area contributed by atoms with E-state index in [1.807, 2.05) is 42.5 Å². The standard InChI is InChI=1S/C49H31N5S/c1-4-17-32(18-5-1)37-25-10-12-27-39(37)48-52-47(53-49(54-48)40-28-13-11-26-38(40)33-19-6-2-7-20-33)36-24-16-23-35(31-36)43-45-44(41-29-14-15-30-42(41)55-45)51-46(50-43)34-21-8-3-9-22-34/h1-31H. The van der Waals surface area contributed by atoms with Crippen LogP contribution in [-0.4, -0.2) is 24.9 Å². The zero-order valence-corrected chi connectivity index (χ0v) is 30.4. The van der Waals surface area contributed by atoms with Crippen LogP contribution in [-0.2, 0) is 0 Å². The van der Waals surface area contributed by atoms with E-state index in [2.05, 4.69) is 146 Å². The lowest BCUT2D eigenvalue weighted by molar-refractivity contribution is 1.07. The van der Waals surface area contributed by atoms with Crippen LogP contribution in [0.15, 0.2) is 188 Å². The predicted molar refractivity (Wildman–Crippen MR) is 226 cm³/mol. The Hall–Kier alpha value is -7.15. The lowest BCUT2D eigenvalue weighted by atomic mass is 9.98. The number of thiophene rings is 1. The molecule has 6 heteroatoms. The van der Waals surface area contributed by atoms with Gasteiger partial charge in [-0.05, 0) is 34.4 Å². The van der Waals surface area contributed by atoms with E-state index in [1.165, 1.54) is 4.70 Å². The van der Waals surface area contributed by atoms with Gasteiger partial charge in [-0.15, -0.1) is 11.3 Å². The minimum absolute atomic E-state index is 0.581. The van der Waals surface area contributed by atoms with Crippen LogP contribution in [0.5, 0.6) is 0 Å². The summed E-state index contributed by atoms with van der Waals surface area (Å²) in [5.74, 6) is 2.48. The largest absolute Gasteiger partial charge is 0.226 e. The Labute approximate surface area is 322 Å². The summed E-state index contributed by atoms with van der Waals surface area (Å²) in [5.41, 5.74) is 10.8. The van der Waals surface area contributed by atoms with E-state index in [4.69, 9.17) is 24.9 Å². The number of hydrogen-bond donors (Lipinski definition) is 0. The molecule has 10 rings (SSSR count). The molecule has 0 aliphatic rings. The maximum absolute atomic E-state index is 5.24. The van der Waals surface area contributed by atoms with E-state index in [0.29, 0.717) is 23.3 Å². The molecule has 7 aromatic carbocycles. The van der Waals surface area contributed by atoms with Crippen LogP contribution in [0.1, 0.15) is 0 Å². The minimum Gasteiger partial charge on any atom is -0.226 e. The van der Waals surface area contributed by atoms with E-state index in [-0.39, 0.29) is 0 Å². The molecular formula is C49H31N5S. The highest BCUT2D eigenvalue weighted by Gasteiger charge is 2.20. The van der Waals surface area contributed by atoms with E-state index in [1.54, 1.807) is 11.3 Å². The Morgan fingerprint density at radius 3 is 1.38 bits per heavy atom. The highest BCUT2D eigenvalue weighted by atomic mass is 32.1. The van der Waals surface area contributed by atoms with Gasteiger partial charge in [0.25, 0.3) is 0 Å². The second-order valence-electron chi connectivity index (χ2n) is 13.2. The summed E-state index contributed by atoms with van der Waals surface area (Å²) in [5, 5.41) is 1.13. The summed E-state index contributed by atoms with van der Waals surface area (Å²) < 4.78 is 2.22. The van der Waals surface area contributed by atoms with Gasteiger partial charge >= 0.3 is 0 Å². The Balaban J connectivity index is 1.19. The third-order valence-electron chi connectivity index (χ3n) is 9.79. The first-order valence-corrected chi connectivity index (χ1v) is 19.0. The molecule has 5 nitrogen and oxygen atoms in total. The molecule has 0 aliphatic heterocycles. The minimum atomic E-state index is 0.581. The highest BCUT2D eigenvalue weighted by Crippen LogP contribution is 2.41. The van der Waals surface area contributed by atoms with Crippen molar-refractivity contribution in [2.45, 2.75) is 0 Å². The maximum atomic E-state index is 5.24. The van der Waals surface area contributed by atoms with Crippen LogP contribution >= 0.6 is 11.3 Å². The Morgan fingerprint density at radius 2 is 0.764 bits per heavy atom. The van der Waals surface area contributed by atoms with Crippen LogP contribution in [0, 0.1) is 0 Å². The fraction of sp³-hybridized carbons (Fsp3) is 0. The molecule has 55 heavy (non-hydrogen) atoms. The third kappa shape index (κ3) is 6.14. The topological polar surface area (TPSA) is 64.5 Å². The molecular weight excluding hydrogens is 691 g/mol. The fourth-order valence-corrected chi connectivity index (χ4v) is 8.30. The number of nitrogens with zero attached hydrogens (tertiary/aromatic N) is 5. The molecule has 0 spiro atoms. The monoisotopic (exact) mass is 721 g/mol. The summed E-state index contributed by atoms with van der Waals surface area (Å²) in [6.45, 7) is 0. The van der Waals surface area contributed by atoms with Gasteiger partial charge in [-0.25, -0.2) is 24.9 Å². The molecule has 0 saturated heterocycles.